The average molecular weight is 182 g/mol. The zero-order chi connectivity index (χ0) is 9.90. The summed E-state index contributed by atoms with van der Waals surface area (Å²) in [6, 6.07) is 1.39. The molecule has 0 spiro atoms. The van der Waals surface area contributed by atoms with E-state index in [-0.39, 0.29) is 11.2 Å². The van der Waals surface area contributed by atoms with Gasteiger partial charge in [0.15, 0.2) is 0 Å². The van der Waals surface area contributed by atoms with E-state index in [0.717, 1.165) is 6.42 Å². The lowest BCUT2D eigenvalue weighted by Gasteiger charge is -2.24. The zero-order valence-electron chi connectivity index (χ0n) is 8.13. The topological polar surface area (TPSA) is 55.0 Å². The predicted octanol–water partition coefficient (Wildman–Crippen LogP) is 1.34. The number of nitrogens with zero attached hydrogens (tertiary/aromatic N) is 1. The third kappa shape index (κ3) is 2.89. The summed E-state index contributed by atoms with van der Waals surface area (Å²) in [5, 5.41) is 5.93. The van der Waals surface area contributed by atoms with E-state index in [9.17, 15) is 4.79 Å². The lowest BCUT2D eigenvalue weighted by Crippen LogP contribution is -2.27. The molecule has 1 aromatic rings. The van der Waals surface area contributed by atoms with Crippen molar-refractivity contribution in [3.05, 3.63) is 22.6 Å². The highest BCUT2D eigenvalue weighted by Crippen LogP contribution is 2.17. The lowest BCUT2D eigenvalue weighted by molar-refractivity contribution is 0.104. The van der Waals surface area contributed by atoms with Crippen LogP contribution in [0.1, 0.15) is 27.2 Å². The van der Waals surface area contributed by atoms with Crippen LogP contribution in [-0.4, -0.2) is 15.8 Å². The highest BCUT2D eigenvalue weighted by molar-refractivity contribution is 5.14. The number of hydrogen-bond donors (Lipinski definition) is 1. The highest BCUT2D eigenvalue weighted by atomic mass is 16.5. The van der Waals surface area contributed by atoms with Crippen molar-refractivity contribution in [1.82, 2.24) is 10.2 Å². The van der Waals surface area contributed by atoms with E-state index in [1.807, 2.05) is 20.8 Å². The Kier molecular flexibility index (Phi) is 2.70. The molecule has 1 aromatic heterocycles. The number of H-pyrrole nitrogens is 1. The van der Waals surface area contributed by atoms with Crippen molar-refractivity contribution in [2.45, 2.75) is 32.8 Å². The normalized spacial score (nSPS) is 11.3. The second-order valence-electron chi connectivity index (χ2n) is 3.50. The van der Waals surface area contributed by atoms with Gasteiger partial charge in [-0.15, -0.1) is 0 Å². The van der Waals surface area contributed by atoms with Crippen molar-refractivity contribution in [2.24, 2.45) is 0 Å². The molecule has 0 atom stereocenters. The van der Waals surface area contributed by atoms with E-state index >= 15 is 0 Å². The van der Waals surface area contributed by atoms with Crippen LogP contribution in [0.4, 0.5) is 0 Å². The third-order valence-corrected chi connectivity index (χ3v) is 1.89. The minimum atomic E-state index is -0.254. The maximum Gasteiger partial charge on any atom is 0.267 e. The molecule has 13 heavy (non-hydrogen) atoms. The Morgan fingerprint density at radius 1 is 1.62 bits per heavy atom. The van der Waals surface area contributed by atoms with Crippen LogP contribution in [0.25, 0.3) is 0 Å². The van der Waals surface area contributed by atoms with E-state index in [4.69, 9.17) is 4.74 Å². The Balaban J connectivity index is 2.80. The molecule has 0 aromatic carbocycles. The van der Waals surface area contributed by atoms with Crippen LogP contribution in [0.5, 0.6) is 5.75 Å². The standard InChI is InChI=1S/C9H14N2O2/c1-4-9(2,3)13-7-5-8(12)11-10-6-7/h5-6H,4H2,1-3H3,(H,11,12). The summed E-state index contributed by atoms with van der Waals surface area (Å²) < 4.78 is 5.55. The fourth-order valence-corrected chi connectivity index (χ4v) is 0.805. The van der Waals surface area contributed by atoms with E-state index in [0.29, 0.717) is 5.75 Å². The number of hydrogen-bond acceptors (Lipinski definition) is 3. The van der Waals surface area contributed by atoms with Gasteiger partial charge >= 0.3 is 0 Å². The number of rotatable bonds is 3. The zero-order valence-corrected chi connectivity index (χ0v) is 8.13. The van der Waals surface area contributed by atoms with Gasteiger partial charge in [-0.25, -0.2) is 5.10 Å². The monoisotopic (exact) mass is 182 g/mol. The first kappa shape index (κ1) is 9.77. The first-order chi connectivity index (χ1) is 6.03. The van der Waals surface area contributed by atoms with Gasteiger partial charge < -0.3 is 4.74 Å². The average Bonchev–Trinajstić information content (AvgIpc) is 2.03. The number of nitrogens with one attached hydrogen (secondary N) is 1. The summed E-state index contributed by atoms with van der Waals surface area (Å²) in [6.45, 7) is 5.96. The summed E-state index contributed by atoms with van der Waals surface area (Å²) >= 11 is 0. The van der Waals surface area contributed by atoms with Crippen molar-refractivity contribution in [3.63, 3.8) is 0 Å². The Morgan fingerprint density at radius 2 is 2.31 bits per heavy atom. The molecule has 0 amide bonds. The SMILES string of the molecule is CCC(C)(C)Oc1cn[nH]c(=O)c1. The molecular weight excluding hydrogens is 168 g/mol. The molecule has 4 heteroatoms. The van der Waals surface area contributed by atoms with Crippen molar-refractivity contribution in [3.8, 4) is 5.75 Å². The van der Waals surface area contributed by atoms with Crippen molar-refractivity contribution < 1.29 is 4.74 Å². The molecule has 0 aliphatic rings. The van der Waals surface area contributed by atoms with Crippen molar-refractivity contribution >= 4 is 0 Å². The van der Waals surface area contributed by atoms with Gasteiger partial charge in [0.05, 0.1) is 6.20 Å². The Morgan fingerprint density at radius 3 is 2.85 bits per heavy atom. The van der Waals surface area contributed by atoms with Crippen LogP contribution >= 0.6 is 0 Å². The smallest absolute Gasteiger partial charge is 0.267 e. The molecule has 0 fully saturated rings. The molecule has 4 nitrogen and oxygen atoms in total. The van der Waals surface area contributed by atoms with Crippen LogP contribution in [0, 0.1) is 0 Å². The van der Waals surface area contributed by atoms with Gasteiger partial charge in [-0.2, -0.15) is 5.10 Å². The fourth-order valence-electron chi connectivity index (χ4n) is 0.805. The minimum Gasteiger partial charge on any atom is -0.486 e. The summed E-state index contributed by atoms with van der Waals surface area (Å²) in [5.41, 5.74) is -0.500. The van der Waals surface area contributed by atoms with Crippen molar-refractivity contribution in [2.75, 3.05) is 0 Å². The maximum absolute atomic E-state index is 10.9. The Labute approximate surface area is 76.9 Å². The van der Waals surface area contributed by atoms with E-state index < -0.39 is 0 Å². The van der Waals surface area contributed by atoms with Gasteiger partial charge in [-0.1, -0.05) is 6.92 Å². The molecule has 0 aliphatic carbocycles. The Hall–Kier alpha value is -1.32. The maximum atomic E-state index is 10.9. The van der Waals surface area contributed by atoms with E-state index in [2.05, 4.69) is 10.2 Å². The van der Waals surface area contributed by atoms with Gasteiger partial charge in [0.25, 0.3) is 5.56 Å². The minimum absolute atomic E-state index is 0.246. The molecule has 0 saturated carbocycles. The molecule has 0 saturated heterocycles. The van der Waals surface area contributed by atoms with Crippen LogP contribution in [0.15, 0.2) is 17.1 Å². The van der Waals surface area contributed by atoms with Gasteiger partial charge in [-0.05, 0) is 20.3 Å². The first-order valence-corrected chi connectivity index (χ1v) is 4.27. The van der Waals surface area contributed by atoms with Gasteiger partial charge in [0, 0.05) is 6.07 Å². The van der Waals surface area contributed by atoms with Crippen LogP contribution in [0.2, 0.25) is 0 Å². The van der Waals surface area contributed by atoms with E-state index in [1.54, 1.807) is 0 Å². The van der Waals surface area contributed by atoms with Gasteiger partial charge in [0.2, 0.25) is 0 Å². The van der Waals surface area contributed by atoms with Gasteiger partial charge in [0.1, 0.15) is 11.4 Å². The lowest BCUT2D eigenvalue weighted by atomic mass is 10.1. The number of ether oxygens (including phenoxy) is 1. The summed E-state index contributed by atoms with van der Waals surface area (Å²) in [7, 11) is 0. The molecule has 0 bridgehead atoms. The van der Waals surface area contributed by atoms with Crippen molar-refractivity contribution in [1.29, 1.82) is 0 Å². The number of aromatic nitrogens is 2. The molecule has 0 unspecified atom stereocenters. The second kappa shape index (κ2) is 3.60. The largest absolute Gasteiger partial charge is 0.486 e. The third-order valence-electron chi connectivity index (χ3n) is 1.89. The molecule has 1 heterocycles. The molecule has 72 valence electrons. The summed E-state index contributed by atoms with van der Waals surface area (Å²) in [6.07, 6.45) is 2.37. The quantitative estimate of drug-likeness (QED) is 0.767. The first-order valence-electron chi connectivity index (χ1n) is 4.27. The molecule has 0 radical (unpaired) electrons. The second-order valence-corrected chi connectivity index (χ2v) is 3.50. The van der Waals surface area contributed by atoms with Crippen LogP contribution in [-0.2, 0) is 0 Å². The summed E-state index contributed by atoms with van der Waals surface area (Å²) in [5.74, 6) is 0.510. The highest BCUT2D eigenvalue weighted by Gasteiger charge is 2.16. The predicted molar refractivity (Wildman–Crippen MR) is 49.9 cm³/mol. The molecule has 1 rings (SSSR count). The Bertz CT molecular complexity index is 330. The molecule has 0 aliphatic heterocycles. The molecular formula is C9H14N2O2. The fraction of sp³-hybridized carbons (Fsp3) is 0.556. The van der Waals surface area contributed by atoms with Gasteiger partial charge in [-0.3, -0.25) is 4.79 Å². The number of aromatic amines is 1. The van der Waals surface area contributed by atoms with Crippen LogP contribution < -0.4 is 10.3 Å². The van der Waals surface area contributed by atoms with Crippen LogP contribution in [0.3, 0.4) is 0 Å². The summed E-state index contributed by atoms with van der Waals surface area (Å²) in [4.78, 5) is 10.9. The molecule has 1 N–H and O–H groups in total. The van der Waals surface area contributed by atoms with E-state index in [1.165, 1.54) is 12.3 Å².